The van der Waals surface area contributed by atoms with Crippen molar-refractivity contribution < 1.29 is 19.4 Å². The molecule has 2 aromatic carbocycles. The van der Waals surface area contributed by atoms with Crippen LogP contribution in [0.5, 0.6) is 5.75 Å². The molecule has 1 amide bonds. The molecule has 0 spiro atoms. The largest absolute Gasteiger partial charge is 0.545 e. The maximum Gasteiger partial charge on any atom is 0.257 e. The fourth-order valence-corrected chi connectivity index (χ4v) is 2.40. The summed E-state index contributed by atoms with van der Waals surface area (Å²) in [6.45, 7) is 2.33. The first-order valence-electron chi connectivity index (χ1n) is 7.26. The van der Waals surface area contributed by atoms with E-state index in [9.17, 15) is 14.7 Å². The lowest BCUT2D eigenvalue weighted by molar-refractivity contribution is -0.255. The number of rotatable bonds is 5. The summed E-state index contributed by atoms with van der Waals surface area (Å²) >= 11 is 10.8. The number of aromatic carboxylic acids is 1. The van der Waals surface area contributed by atoms with E-state index in [4.69, 9.17) is 28.6 Å². The van der Waals surface area contributed by atoms with E-state index >= 15 is 0 Å². The maximum atomic E-state index is 12.2. The van der Waals surface area contributed by atoms with Gasteiger partial charge in [0.05, 0.1) is 12.6 Å². The molecular formula is C17H14ClN2O4S-. The van der Waals surface area contributed by atoms with Crippen LogP contribution in [0.15, 0.2) is 42.5 Å². The molecule has 0 fully saturated rings. The van der Waals surface area contributed by atoms with Crippen molar-refractivity contribution in [3.8, 4) is 5.75 Å². The lowest BCUT2D eigenvalue weighted by Gasteiger charge is -2.12. The van der Waals surface area contributed by atoms with Gasteiger partial charge in [-0.1, -0.05) is 17.7 Å². The van der Waals surface area contributed by atoms with Gasteiger partial charge in [-0.25, -0.2) is 0 Å². The van der Waals surface area contributed by atoms with E-state index in [1.807, 2.05) is 6.92 Å². The Kier molecular flexibility index (Phi) is 6.32. The zero-order valence-corrected chi connectivity index (χ0v) is 14.7. The fraction of sp³-hybridized carbons (Fsp3) is 0.118. The van der Waals surface area contributed by atoms with Crippen molar-refractivity contribution in [3.05, 3.63) is 58.6 Å². The third-order valence-corrected chi connectivity index (χ3v) is 3.61. The molecule has 2 aromatic rings. The van der Waals surface area contributed by atoms with E-state index < -0.39 is 11.9 Å². The Hall–Kier alpha value is -2.64. The predicted molar refractivity (Wildman–Crippen MR) is 97.1 cm³/mol. The van der Waals surface area contributed by atoms with Gasteiger partial charge in [-0.15, -0.1) is 0 Å². The Labute approximate surface area is 154 Å². The number of halogens is 1. The lowest BCUT2D eigenvalue weighted by atomic mass is 10.2. The number of hydrogen-bond acceptors (Lipinski definition) is 5. The number of carboxylic acid groups (broad SMARTS) is 1. The van der Waals surface area contributed by atoms with Crippen molar-refractivity contribution in [2.75, 3.05) is 11.9 Å². The summed E-state index contributed by atoms with van der Waals surface area (Å²) in [5.41, 5.74) is 0.559. The Morgan fingerprint density at radius 1 is 1.24 bits per heavy atom. The van der Waals surface area contributed by atoms with Crippen LogP contribution >= 0.6 is 23.8 Å². The first-order chi connectivity index (χ1) is 11.9. The molecule has 0 radical (unpaired) electrons. The van der Waals surface area contributed by atoms with E-state index in [1.54, 1.807) is 24.3 Å². The molecular weight excluding hydrogens is 364 g/mol. The quantitative estimate of drug-likeness (QED) is 0.776. The average molecular weight is 378 g/mol. The van der Waals surface area contributed by atoms with Gasteiger partial charge in [0.1, 0.15) is 5.75 Å². The molecule has 0 unspecified atom stereocenters. The summed E-state index contributed by atoms with van der Waals surface area (Å²) < 4.78 is 5.34. The van der Waals surface area contributed by atoms with Crippen LogP contribution in [0.4, 0.5) is 5.69 Å². The predicted octanol–water partition coefficient (Wildman–Crippen LogP) is 2.23. The molecule has 0 saturated heterocycles. The molecule has 2 N–H and O–H groups in total. The molecule has 130 valence electrons. The minimum Gasteiger partial charge on any atom is -0.545 e. The monoisotopic (exact) mass is 377 g/mol. The second-order valence-electron chi connectivity index (χ2n) is 4.85. The van der Waals surface area contributed by atoms with E-state index in [1.165, 1.54) is 18.2 Å². The van der Waals surface area contributed by atoms with Crippen molar-refractivity contribution in [2.45, 2.75) is 6.92 Å². The van der Waals surface area contributed by atoms with E-state index in [-0.39, 0.29) is 15.7 Å². The highest BCUT2D eigenvalue weighted by Crippen LogP contribution is 2.20. The lowest BCUT2D eigenvalue weighted by Crippen LogP contribution is -2.34. The van der Waals surface area contributed by atoms with Crippen molar-refractivity contribution in [3.63, 3.8) is 0 Å². The number of anilines is 1. The molecule has 6 nitrogen and oxygen atoms in total. The van der Waals surface area contributed by atoms with Crippen LogP contribution < -0.4 is 20.5 Å². The Morgan fingerprint density at radius 3 is 2.68 bits per heavy atom. The SMILES string of the molecule is CCOc1cccc(C(=O)NC(=S)Nc2ccc(Cl)c(C(=O)[O-])c2)c1. The molecule has 2 rings (SSSR count). The number of carboxylic acids is 1. The molecule has 0 bridgehead atoms. The van der Waals surface area contributed by atoms with E-state index in [0.717, 1.165) is 0 Å². The topological polar surface area (TPSA) is 90.5 Å². The van der Waals surface area contributed by atoms with Crippen LogP contribution in [-0.4, -0.2) is 23.6 Å². The highest BCUT2D eigenvalue weighted by molar-refractivity contribution is 7.80. The molecule has 0 aliphatic carbocycles. The van der Waals surface area contributed by atoms with Crippen LogP contribution in [0.1, 0.15) is 27.6 Å². The summed E-state index contributed by atoms with van der Waals surface area (Å²) in [6, 6.07) is 10.8. The van der Waals surface area contributed by atoms with Crippen LogP contribution in [0.2, 0.25) is 5.02 Å². The molecule has 0 saturated carbocycles. The molecule has 0 aliphatic rings. The summed E-state index contributed by atoms with van der Waals surface area (Å²) in [6.07, 6.45) is 0. The molecule has 25 heavy (non-hydrogen) atoms. The number of carbonyl (C=O) groups excluding carboxylic acids is 2. The van der Waals surface area contributed by atoms with Gasteiger partial charge in [0, 0.05) is 21.8 Å². The molecule has 0 aromatic heterocycles. The Bertz CT molecular complexity index is 826. The second-order valence-corrected chi connectivity index (χ2v) is 5.67. The first kappa shape index (κ1) is 18.7. The Morgan fingerprint density at radius 2 is 2.00 bits per heavy atom. The summed E-state index contributed by atoms with van der Waals surface area (Å²) in [5.74, 6) is -1.25. The van der Waals surface area contributed by atoms with Crippen LogP contribution in [0, 0.1) is 0 Å². The van der Waals surface area contributed by atoms with Crippen molar-refractivity contribution in [1.82, 2.24) is 5.32 Å². The smallest absolute Gasteiger partial charge is 0.257 e. The number of carbonyl (C=O) groups is 2. The number of thiocarbonyl (C=S) groups is 1. The van der Waals surface area contributed by atoms with Crippen LogP contribution in [0.25, 0.3) is 0 Å². The van der Waals surface area contributed by atoms with E-state index in [0.29, 0.717) is 23.6 Å². The van der Waals surface area contributed by atoms with Crippen molar-refractivity contribution in [2.24, 2.45) is 0 Å². The minimum absolute atomic E-state index is 0.0124. The molecule has 0 aliphatic heterocycles. The van der Waals surface area contributed by atoms with Gasteiger partial charge in [-0.05, 0) is 55.5 Å². The van der Waals surface area contributed by atoms with Gasteiger partial charge in [-0.2, -0.15) is 0 Å². The maximum absolute atomic E-state index is 12.2. The summed E-state index contributed by atoms with van der Waals surface area (Å²) in [7, 11) is 0. The van der Waals surface area contributed by atoms with Gasteiger partial charge >= 0.3 is 0 Å². The van der Waals surface area contributed by atoms with E-state index in [2.05, 4.69) is 10.6 Å². The third-order valence-electron chi connectivity index (χ3n) is 3.08. The fourth-order valence-electron chi connectivity index (χ4n) is 1.99. The number of benzene rings is 2. The minimum atomic E-state index is -1.41. The van der Waals surface area contributed by atoms with Crippen LogP contribution in [0.3, 0.4) is 0 Å². The number of ether oxygens (including phenoxy) is 1. The zero-order chi connectivity index (χ0) is 18.4. The highest BCUT2D eigenvalue weighted by Gasteiger charge is 2.10. The summed E-state index contributed by atoms with van der Waals surface area (Å²) in [4.78, 5) is 23.2. The van der Waals surface area contributed by atoms with Gasteiger partial charge < -0.3 is 20.0 Å². The van der Waals surface area contributed by atoms with Gasteiger partial charge in [-0.3, -0.25) is 10.1 Å². The molecule has 0 heterocycles. The average Bonchev–Trinajstić information content (AvgIpc) is 2.57. The Balaban J connectivity index is 2.05. The second kappa shape index (κ2) is 8.46. The third kappa shape index (κ3) is 5.17. The van der Waals surface area contributed by atoms with Gasteiger partial charge in [0.15, 0.2) is 5.11 Å². The number of hydrogen-bond donors (Lipinski definition) is 2. The standard InChI is InChI=1S/C17H15ClN2O4S/c1-2-24-12-5-3-4-10(8-12)15(21)20-17(25)19-11-6-7-14(18)13(9-11)16(22)23/h3-9H,2H2,1H3,(H,22,23)(H2,19,20,21,25)/p-1. The van der Waals surface area contributed by atoms with Crippen molar-refractivity contribution >= 4 is 46.5 Å². The summed E-state index contributed by atoms with van der Waals surface area (Å²) in [5, 5.41) is 16.3. The highest BCUT2D eigenvalue weighted by atomic mass is 35.5. The molecule has 8 heteroatoms. The first-order valence-corrected chi connectivity index (χ1v) is 8.05. The number of amides is 1. The number of nitrogens with one attached hydrogen (secondary N) is 2. The zero-order valence-electron chi connectivity index (χ0n) is 13.2. The van der Waals surface area contributed by atoms with Gasteiger partial charge in [0.2, 0.25) is 0 Å². The molecule has 0 atom stereocenters. The van der Waals surface area contributed by atoms with Crippen molar-refractivity contribution in [1.29, 1.82) is 0 Å². The van der Waals surface area contributed by atoms with Crippen LogP contribution in [-0.2, 0) is 0 Å². The normalized spacial score (nSPS) is 10.0. The van der Waals surface area contributed by atoms with Gasteiger partial charge in [0.25, 0.3) is 5.91 Å².